The third kappa shape index (κ3) is 5.26. The van der Waals surface area contributed by atoms with Crippen LogP contribution in [0.25, 0.3) is 111 Å². The molecule has 0 saturated carbocycles. The van der Waals surface area contributed by atoms with Gasteiger partial charge in [-0.05, 0) is 84.9 Å². The second-order valence-corrected chi connectivity index (χ2v) is 14.0. The van der Waals surface area contributed by atoms with E-state index >= 15 is 0 Å². The molecule has 11 rings (SSSR count). The fourth-order valence-corrected chi connectivity index (χ4v) is 8.10. The van der Waals surface area contributed by atoms with Crippen LogP contribution in [-0.4, -0.2) is 15.0 Å². The van der Waals surface area contributed by atoms with Gasteiger partial charge in [0.15, 0.2) is 17.5 Å². The second kappa shape index (κ2) is 12.6. The second-order valence-electron chi connectivity index (χ2n) is 14.0. The van der Waals surface area contributed by atoms with E-state index in [0.29, 0.717) is 17.5 Å². The maximum absolute atomic E-state index is 6.48. The highest BCUT2D eigenvalue weighted by Crippen LogP contribution is 2.41. The van der Waals surface area contributed by atoms with Crippen molar-refractivity contribution in [1.82, 2.24) is 15.0 Å². The number of hydrogen-bond acceptors (Lipinski definition) is 4. The van der Waals surface area contributed by atoms with Crippen molar-refractivity contribution < 1.29 is 4.42 Å². The van der Waals surface area contributed by atoms with Gasteiger partial charge in [-0.15, -0.1) is 0 Å². The molecule has 2 aromatic heterocycles. The SMILES string of the molecule is c1ccc(-c2nc(-c3cccc(-c4ccc5c6ccccc6c6ccccc6c5c4)c3)nc(-c3cc(-c4ccccc4)c4c(c3)oc3ccccc34)n2)cc1. The van der Waals surface area contributed by atoms with Gasteiger partial charge in [-0.3, -0.25) is 0 Å². The molecular formula is C51H31N3O. The summed E-state index contributed by atoms with van der Waals surface area (Å²) in [4.78, 5) is 15.4. The Kier molecular flexibility index (Phi) is 7.14. The van der Waals surface area contributed by atoms with Crippen molar-refractivity contribution >= 4 is 54.3 Å². The van der Waals surface area contributed by atoms with Crippen LogP contribution in [0.3, 0.4) is 0 Å². The van der Waals surface area contributed by atoms with E-state index in [1.165, 1.54) is 32.3 Å². The van der Waals surface area contributed by atoms with Crippen molar-refractivity contribution in [1.29, 1.82) is 0 Å². The molecule has 0 spiro atoms. The highest BCUT2D eigenvalue weighted by molar-refractivity contribution is 6.25. The minimum atomic E-state index is 0.581. The molecule has 4 nitrogen and oxygen atoms in total. The van der Waals surface area contributed by atoms with E-state index in [0.717, 1.165) is 60.9 Å². The number of furan rings is 1. The minimum absolute atomic E-state index is 0.581. The Labute approximate surface area is 317 Å². The summed E-state index contributed by atoms with van der Waals surface area (Å²) in [7, 11) is 0. The zero-order chi connectivity index (χ0) is 36.3. The third-order valence-electron chi connectivity index (χ3n) is 10.7. The number of nitrogens with zero attached hydrogens (tertiary/aromatic N) is 3. The molecule has 2 heterocycles. The number of para-hydroxylation sites is 1. The summed E-state index contributed by atoms with van der Waals surface area (Å²) >= 11 is 0. The predicted molar refractivity (Wildman–Crippen MR) is 227 cm³/mol. The highest BCUT2D eigenvalue weighted by Gasteiger charge is 2.19. The molecule has 0 amide bonds. The Hall–Kier alpha value is -7.43. The van der Waals surface area contributed by atoms with Gasteiger partial charge in [0.25, 0.3) is 0 Å². The zero-order valence-corrected chi connectivity index (χ0v) is 29.6. The Balaban J connectivity index is 1.10. The molecule has 0 aliphatic heterocycles. The Morgan fingerprint density at radius 3 is 1.45 bits per heavy atom. The van der Waals surface area contributed by atoms with Gasteiger partial charge >= 0.3 is 0 Å². The van der Waals surface area contributed by atoms with Crippen molar-refractivity contribution in [2.24, 2.45) is 0 Å². The van der Waals surface area contributed by atoms with Crippen LogP contribution in [0.15, 0.2) is 192 Å². The smallest absolute Gasteiger partial charge is 0.164 e. The molecule has 4 heteroatoms. The van der Waals surface area contributed by atoms with E-state index in [2.05, 4.69) is 140 Å². The van der Waals surface area contributed by atoms with E-state index in [-0.39, 0.29) is 0 Å². The predicted octanol–water partition coefficient (Wildman–Crippen LogP) is 13.6. The molecule has 0 aliphatic carbocycles. The number of aromatic nitrogens is 3. The summed E-state index contributed by atoms with van der Waals surface area (Å²) in [5.41, 5.74) is 8.72. The van der Waals surface area contributed by atoms with Gasteiger partial charge in [0.1, 0.15) is 11.2 Å². The lowest BCUT2D eigenvalue weighted by molar-refractivity contribution is 0.669. The van der Waals surface area contributed by atoms with Crippen LogP contribution < -0.4 is 0 Å². The number of rotatable bonds is 5. The summed E-state index contributed by atoms with van der Waals surface area (Å²) in [6.45, 7) is 0. The van der Waals surface area contributed by atoms with Gasteiger partial charge in [-0.2, -0.15) is 0 Å². The standard InChI is InChI=1S/C51H31N3O/c1-3-14-32(15-4-1)44-30-37(31-47-48(44)43-24-11-12-25-46(43)55-47)51-53-49(33-16-5-2-6-17-33)52-50(54-51)36-19-13-18-34(28-36)35-26-27-42-40-22-8-7-20-38(40)39-21-9-10-23-41(39)45(42)29-35/h1-31H. The number of fused-ring (bicyclic) bond motifs is 9. The molecule has 0 fully saturated rings. The van der Waals surface area contributed by atoms with Crippen LogP contribution in [0.2, 0.25) is 0 Å². The lowest BCUT2D eigenvalue weighted by Gasteiger charge is -2.13. The van der Waals surface area contributed by atoms with Gasteiger partial charge in [0.2, 0.25) is 0 Å². The molecule has 0 unspecified atom stereocenters. The van der Waals surface area contributed by atoms with E-state index in [1.54, 1.807) is 0 Å². The Morgan fingerprint density at radius 2 is 0.764 bits per heavy atom. The van der Waals surface area contributed by atoms with Crippen LogP contribution in [0.1, 0.15) is 0 Å². The molecule has 0 atom stereocenters. The first kappa shape index (κ1) is 31.1. The molecule has 55 heavy (non-hydrogen) atoms. The molecule has 9 aromatic carbocycles. The fraction of sp³-hybridized carbons (Fsp3) is 0. The topological polar surface area (TPSA) is 51.8 Å². The van der Waals surface area contributed by atoms with Gasteiger partial charge < -0.3 is 4.42 Å². The Morgan fingerprint density at radius 1 is 0.273 bits per heavy atom. The van der Waals surface area contributed by atoms with Gasteiger partial charge in [0, 0.05) is 27.5 Å². The first-order chi connectivity index (χ1) is 27.2. The van der Waals surface area contributed by atoms with Crippen molar-refractivity contribution in [2.45, 2.75) is 0 Å². The van der Waals surface area contributed by atoms with Crippen LogP contribution in [0, 0.1) is 0 Å². The maximum atomic E-state index is 6.48. The van der Waals surface area contributed by atoms with Crippen LogP contribution in [-0.2, 0) is 0 Å². The average molecular weight is 702 g/mol. The summed E-state index contributed by atoms with van der Waals surface area (Å²) < 4.78 is 6.48. The summed E-state index contributed by atoms with van der Waals surface area (Å²) in [6, 6.07) is 65.8. The fourth-order valence-electron chi connectivity index (χ4n) is 8.10. The summed E-state index contributed by atoms with van der Waals surface area (Å²) in [5.74, 6) is 1.80. The third-order valence-corrected chi connectivity index (χ3v) is 10.7. The normalized spacial score (nSPS) is 11.6. The van der Waals surface area contributed by atoms with Gasteiger partial charge in [-0.25, -0.2) is 15.0 Å². The van der Waals surface area contributed by atoms with Crippen molar-refractivity contribution in [3.8, 4) is 56.4 Å². The number of hydrogen-bond donors (Lipinski definition) is 0. The molecular weight excluding hydrogens is 671 g/mol. The molecule has 0 bridgehead atoms. The molecule has 11 aromatic rings. The summed E-state index contributed by atoms with van der Waals surface area (Å²) in [6.07, 6.45) is 0. The zero-order valence-electron chi connectivity index (χ0n) is 29.6. The molecule has 0 aliphatic rings. The molecule has 0 radical (unpaired) electrons. The van der Waals surface area contributed by atoms with E-state index in [4.69, 9.17) is 19.4 Å². The first-order valence-corrected chi connectivity index (χ1v) is 18.5. The molecule has 0 N–H and O–H groups in total. The maximum Gasteiger partial charge on any atom is 0.164 e. The minimum Gasteiger partial charge on any atom is -0.456 e. The van der Waals surface area contributed by atoms with Crippen LogP contribution in [0.4, 0.5) is 0 Å². The van der Waals surface area contributed by atoms with Crippen LogP contribution in [0.5, 0.6) is 0 Å². The van der Waals surface area contributed by atoms with E-state index in [9.17, 15) is 0 Å². The molecule has 256 valence electrons. The molecule has 0 saturated heterocycles. The Bertz CT molecular complexity index is 3220. The van der Waals surface area contributed by atoms with Crippen molar-refractivity contribution in [3.63, 3.8) is 0 Å². The largest absolute Gasteiger partial charge is 0.456 e. The van der Waals surface area contributed by atoms with Crippen molar-refractivity contribution in [2.75, 3.05) is 0 Å². The average Bonchev–Trinajstić information content (AvgIpc) is 3.65. The van der Waals surface area contributed by atoms with Crippen molar-refractivity contribution in [3.05, 3.63) is 188 Å². The van der Waals surface area contributed by atoms with E-state index < -0.39 is 0 Å². The monoisotopic (exact) mass is 701 g/mol. The van der Waals surface area contributed by atoms with E-state index in [1.807, 2.05) is 48.5 Å². The quantitative estimate of drug-likeness (QED) is 0.168. The number of benzene rings is 9. The highest BCUT2D eigenvalue weighted by atomic mass is 16.3. The van der Waals surface area contributed by atoms with Gasteiger partial charge in [0.05, 0.1) is 0 Å². The summed E-state index contributed by atoms with van der Waals surface area (Å²) in [5, 5.41) is 9.69. The lowest BCUT2D eigenvalue weighted by atomic mass is 9.92. The van der Waals surface area contributed by atoms with Crippen LogP contribution >= 0.6 is 0 Å². The van der Waals surface area contributed by atoms with Gasteiger partial charge in [-0.1, -0.05) is 158 Å². The lowest BCUT2D eigenvalue weighted by Crippen LogP contribution is -2.00. The first-order valence-electron chi connectivity index (χ1n) is 18.5.